The summed E-state index contributed by atoms with van der Waals surface area (Å²) in [7, 11) is 0. The summed E-state index contributed by atoms with van der Waals surface area (Å²) in [4.78, 5) is 23.6. The minimum atomic E-state index is -0.0349. The molecule has 4 fully saturated rings. The lowest BCUT2D eigenvalue weighted by atomic mass is 9.48. The van der Waals surface area contributed by atoms with Gasteiger partial charge in [0.25, 0.3) is 0 Å². The molecule has 1 heterocycles. The first-order valence-corrected chi connectivity index (χ1v) is 14.5. The first-order valence-electron chi connectivity index (χ1n) is 13.7. The SMILES string of the molecule is Nc1ccc2c(c1)CCc1nc(NC(=O)Cc3ccc(Br)cc3)c(CC34CC5CC(CC(C5)C3)C4)nc1-2. The number of nitrogens with zero attached hydrogens (tertiary/aromatic N) is 2. The molecule has 5 aliphatic carbocycles. The summed E-state index contributed by atoms with van der Waals surface area (Å²) in [6.45, 7) is 0. The Morgan fingerprint density at radius 1 is 0.973 bits per heavy atom. The van der Waals surface area contributed by atoms with Gasteiger partial charge >= 0.3 is 0 Å². The predicted molar refractivity (Wildman–Crippen MR) is 150 cm³/mol. The minimum absolute atomic E-state index is 0.0349. The second-order valence-electron chi connectivity index (χ2n) is 12.2. The number of nitrogens with one attached hydrogen (secondary N) is 1. The van der Waals surface area contributed by atoms with E-state index in [0.29, 0.717) is 17.7 Å². The van der Waals surface area contributed by atoms with Crippen molar-refractivity contribution in [2.24, 2.45) is 23.2 Å². The van der Waals surface area contributed by atoms with Gasteiger partial charge < -0.3 is 11.1 Å². The van der Waals surface area contributed by atoms with E-state index in [9.17, 15) is 4.79 Å². The Morgan fingerprint density at radius 3 is 2.38 bits per heavy atom. The van der Waals surface area contributed by atoms with Crippen LogP contribution in [0.25, 0.3) is 11.3 Å². The highest BCUT2D eigenvalue weighted by Gasteiger charge is 2.51. The molecule has 190 valence electrons. The van der Waals surface area contributed by atoms with Gasteiger partial charge in [0.2, 0.25) is 5.91 Å². The number of carbonyl (C=O) groups excluding carboxylic acids is 1. The lowest BCUT2D eigenvalue weighted by molar-refractivity contribution is -0.115. The van der Waals surface area contributed by atoms with Crippen molar-refractivity contribution < 1.29 is 4.79 Å². The van der Waals surface area contributed by atoms with Crippen LogP contribution in [-0.4, -0.2) is 15.9 Å². The maximum absolute atomic E-state index is 13.2. The molecule has 8 rings (SSSR count). The zero-order chi connectivity index (χ0) is 25.1. The zero-order valence-electron chi connectivity index (χ0n) is 21.1. The molecule has 5 aliphatic rings. The highest BCUT2D eigenvalue weighted by Crippen LogP contribution is 2.61. The lowest BCUT2D eigenvalue weighted by Crippen LogP contribution is -2.47. The standard InChI is InChI=1S/C31H33BrN4O/c32-23-4-1-18(2-5-23)12-28(37)36-30-27(17-31-14-19-9-20(15-31)11-21(10-19)16-31)34-29-25-7-6-24(33)13-22(25)3-8-26(29)35-30/h1-2,4-7,13,19-21H,3,8-12,14-17,33H2,(H,35,36,37). The van der Waals surface area contributed by atoms with Crippen molar-refractivity contribution >= 4 is 33.3 Å². The topological polar surface area (TPSA) is 80.9 Å². The van der Waals surface area contributed by atoms with Gasteiger partial charge in [0.15, 0.2) is 5.82 Å². The van der Waals surface area contributed by atoms with E-state index in [4.69, 9.17) is 15.7 Å². The number of nitrogens with two attached hydrogens (primary N) is 1. The summed E-state index contributed by atoms with van der Waals surface area (Å²) in [5.41, 5.74) is 13.5. The molecule has 4 saturated carbocycles. The summed E-state index contributed by atoms with van der Waals surface area (Å²) >= 11 is 3.47. The fourth-order valence-electron chi connectivity index (χ4n) is 8.25. The highest BCUT2D eigenvalue weighted by atomic mass is 79.9. The Bertz CT molecular complexity index is 1350. The Hall–Kier alpha value is -2.73. The van der Waals surface area contributed by atoms with E-state index in [2.05, 4.69) is 33.4 Å². The molecule has 5 nitrogen and oxygen atoms in total. The van der Waals surface area contributed by atoms with Crippen molar-refractivity contribution in [1.82, 2.24) is 9.97 Å². The summed E-state index contributed by atoms with van der Waals surface area (Å²) in [6.07, 6.45) is 11.1. The first kappa shape index (κ1) is 23.4. The van der Waals surface area contributed by atoms with Gasteiger partial charge in [0.05, 0.1) is 23.5 Å². The number of carbonyl (C=O) groups is 1. The Kier molecular flexibility index (Phi) is 5.65. The third kappa shape index (κ3) is 4.47. The van der Waals surface area contributed by atoms with E-state index in [1.165, 1.54) is 44.1 Å². The molecular formula is C31H33BrN4O. The summed E-state index contributed by atoms with van der Waals surface area (Å²) in [5, 5.41) is 3.20. The molecule has 4 bridgehead atoms. The second-order valence-corrected chi connectivity index (χ2v) is 13.1. The number of rotatable bonds is 5. The summed E-state index contributed by atoms with van der Waals surface area (Å²) in [5.74, 6) is 3.26. The molecule has 0 saturated heterocycles. The number of aromatic nitrogens is 2. The van der Waals surface area contributed by atoms with E-state index in [1.54, 1.807) is 0 Å². The van der Waals surface area contributed by atoms with Gasteiger partial charge in [-0.1, -0.05) is 34.1 Å². The molecule has 3 aromatic rings. The third-order valence-electron chi connectivity index (χ3n) is 9.30. The molecule has 37 heavy (non-hydrogen) atoms. The zero-order valence-corrected chi connectivity index (χ0v) is 22.7. The van der Waals surface area contributed by atoms with Crippen molar-refractivity contribution in [3.8, 4) is 11.3 Å². The van der Waals surface area contributed by atoms with Gasteiger partial charge in [-0.25, -0.2) is 9.97 Å². The third-order valence-corrected chi connectivity index (χ3v) is 9.83. The molecule has 0 radical (unpaired) electrons. The maximum Gasteiger partial charge on any atom is 0.229 e. The van der Waals surface area contributed by atoms with Crippen molar-refractivity contribution in [2.75, 3.05) is 11.1 Å². The van der Waals surface area contributed by atoms with E-state index < -0.39 is 0 Å². The monoisotopic (exact) mass is 556 g/mol. The van der Waals surface area contributed by atoms with Crippen LogP contribution >= 0.6 is 15.9 Å². The van der Waals surface area contributed by atoms with Crippen LogP contribution in [0.3, 0.4) is 0 Å². The van der Waals surface area contributed by atoms with Gasteiger partial charge in [-0.05, 0) is 116 Å². The molecule has 1 aromatic heterocycles. The molecule has 6 heteroatoms. The number of halogens is 1. The number of nitrogen functional groups attached to an aromatic ring is 1. The Morgan fingerprint density at radius 2 is 1.68 bits per heavy atom. The van der Waals surface area contributed by atoms with Gasteiger partial charge in [-0.2, -0.15) is 0 Å². The fourth-order valence-corrected chi connectivity index (χ4v) is 8.51. The van der Waals surface area contributed by atoms with Crippen LogP contribution in [0.4, 0.5) is 11.5 Å². The molecule has 2 aromatic carbocycles. The van der Waals surface area contributed by atoms with Crippen LogP contribution in [0.5, 0.6) is 0 Å². The van der Waals surface area contributed by atoms with Gasteiger partial charge in [0.1, 0.15) is 0 Å². The average Bonchev–Trinajstić information content (AvgIpc) is 2.84. The maximum atomic E-state index is 13.2. The quantitative estimate of drug-likeness (QED) is 0.350. The summed E-state index contributed by atoms with van der Waals surface area (Å²) in [6, 6.07) is 14.1. The molecule has 0 spiro atoms. The smallest absolute Gasteiger partial charge is 0.229 e. The molecule has 0 aliphatic heterocycles. The van der Waals surface area contributed by atoms with Crippen LogP contribution in [-0.2, 0) is 30.5 Å². The number of hydrogen-bond donors (Lipinski definition) is 2. The van der Waals surface area contributed by atoms with Crippen molar-refractivity contribution in [2.45, 2.75) is 64.2 Å². The van der Waals surface area contributed by atoms with Crippen LogP contribution in [0.1, 0.15) is 61.0 Å². The Labute approximate surface area is 226 Å². The minimum Gasteiger partial charge on any atom is -0.399 e. The van der Waals surface area contributed by atoms with Crippen molar-refractivity contribution in [3.63, 3.8) is 0 Å². The van der Waals surface area contributed by atoms with Gasteiger partial charge in [-0.15, -0.1) is 0 Å². The van der Waals surface area contributed by atoms with E-state index in [-0.39, 0.29) is 5.91 Å². The van der Waals surface area contributed by atoms with Crippen LogP contribution in [0, 0.1) is 23.2 Å². The van der Waals surface area contributed by atoms with Crippen LogP contribution in [0.15, 0.2) is 46.9 Å². The average molecular weight is 558 g/mol. The van der Waals surface area contributed by atoms with Crippen molar-refractivity contribution in [1.29, 1.82) is 0 Å². The molecule has 0 atom stereocenters. The number of aryl methyl sites for hydroxylation is 2. The number of fused-ring (bicyclic) bond motifs is 3. The van der Waals surface area contributed by atoms with Gasteiger partial charge in [-0.3, -0.25) is 4.79 Å². The Balaban J connectivity index is 1.24. The van der Waals surface area contributed by atoms with Crippen LogP contribution < -0.4 is 11.1 Å². The number of benzene rings is 2. The highest BCUT2D eigenvalue weighted by molar-refractivity contribution is 9.10. The fraction of sp³-hybridized carbons (Fsp3) is 0.452. The second kappa shape index (κ2) is 8.93. The van der Waals surface area contributed by atoms with E-state index >= 15 is 0 Å². The summed E-state index contributed by atoms with van der Waals surface area (Å²) < 4.78 is 1.01. The van der Waals surface area contributed by atoms with Crippen molar-refractivity contribution in [3.05, 3.63) is 69.5 Å². The molecule has 3 N–H and O–H groups in total. The van der Waals surface area contributed by atoms with E-state index in [0.717, 1.165) is 75.4 Å². The predicted octanol–water partition coefficient (Wildman–Crippen LogP) is 6.53. The largest absolute Gasteiger partial charge is 0.399 e. The molecular weight excluding hydrogens is 524 g/mol. The van der Waals surface area contributed by atoms with E-state index in [1.807, 2.05) is 30.3 Å². The molecule has 0 unspecified atom stereocenters. The lowest BCUT2D eigenvalue weighted by Gasteiger charge is -2.57. The number of hydrogen-bond acceptors (Lipinski definition) is 4. The number of amides is 1. The van der Waals surface area contributed by atoms with Crippen LogP contribution in [0.2, 0.25) is 0 Å². The van der Waals surface area contributed by atoms with Gasteiger partial charge in [0, 0.05) is 15.7 Å². The number of anilines is 2. The normalized spacial score (nSPS) is 27.0. The molecule has 1 amide bonds. The first-order chi connectivity index (χ1) is 17.9.